The second-order valence-corrected chi connectivity index (χ2v) is 4.97. The lowest BCUT2D eigenvalue weighted by atomic mass is 10.1. The van der Waals surface area contributed by atoms with Crippen LogP contribution in [0, 0.1) is 0 Å². The Balaban J connectivity index is 2.29. The molecule has 2 amide bonds. The second kappa shape index (κ2) is 6.74. The van der Waals surface area contributed by atoms with Gasteiger partial charge in [0.1, 0.15) is 0 Å². The van der Waals surface area contributed by atoms with Crippen molar-refractivity contribution in [1.29, 1.82) is 0 Å². The van der Waals surface area contributed by atoms with Gasteiger partial charge in [-0.15, -0.1) is 0 Å². The fraction of sp³-hybridized carbons (Fsp3) is 0.118. The van der Waals surface area contributed by atoms with Gasteiger partial charge in [-0.1, -0.05) is 12.1 Å². The van der Waals surface area contributed by atoms with Crippen molar-refractivity contribution in [2.24, 2.45) is 0 Å². The quantitative estimate of drug-likeness (QED) is 0.594. The summed E-state index contributed by atoms with van der Waals surface area (Å²) in [6.45, 7) is 1.45. The molecule has 4 N–H and O–H groups in total. The van der Waals surface area contributed by atoms with E-state index in [0.717, 1.165) is 0 Å². The fourth-order valence-electron chi connectivity index (χ4n) is 2.05. The van der Waals surface area contributed by atoms with E-state index < -0.39 is 5.91 Å². The molecule has 0 spiro atoms. The molecule has 2 aromatic carbocycles. The maximum absolute atomic E-state index is 12.4. The fourth-order valence-corrected chi connectivity index (χ4v) is 2.05. The average molecular weight is 311 g/mol. The van der Waals surface area contributed by atoms with Crippen LogP contribution in [0.4, 0.5) is 11.4 Å². The summed E-state index contributed by atoms with van der Waals surface area (Å²) in [7, 11) is 1.51. The number of amides is 2. The maximum Gasteiger partial charge on any atom is 0.257 e. The Morgan fingerprint density at radius 3 is 2.35 bits per heavy atom. The molecule has 23 heavy (non-hydrogen) atoms. The molecule has 6 heteroatoms. The highest BCUT2D eigenvalue weighted by Crippen LogP contribution is 2.18. The minimum atomic E-state index is -0.450. The average Bonchev–Trinajstić information content (AvgIpc) is 2.54. The van der Waals surface area contributed by atoms with Crippen LogP contribution in [0.1, 0.15) is 38.0 Å². The van der Waals surface area contributed by atoms with Gasteiger partial charge in [0.15, 0.2) is 5.78 Å². The van der Waals surface area contributed by atoms with Crippen LogP contribution in [-0.4, -0.2) is 24.6 Å². The minimum absolute atomic E-state index is 0.0952. The third kappa shape index (κ3) is 3.74. The first kappa shape index (κ1) is 16.2. The van der Waals surface area contributed by atoms with E-state index in [1.807, 2.05) is 0 Å². The molecule has 0 heterocycles. The van der Waals surface area contributed by atoms with Gasteiger partial charge in [-0.05, 0) is 37.3 Å². The van der Waals surface area contributed by atoms with E-state index in [4.69, 9.17) is 5.73 Å². The number of nitrogens with two attached hydrogens (primary N) is 1. The third-order valence-corrected chi connectivity index (χ3v) is 3.31. The first-order valence-corrected chi connectivity index (χ1v) is 6.96. The zero-order chi connectivity index (χ0) is 17.0. The normalized spacial score (nSPS) is 10.0. The van der Waals surface area contributed by atoms with Crippen molar-refractivity contribution in [2.75, 3.05) is 18.1 Å². The number of benzene rings is 2. The Bertz CT molecular complexity index is 784. The van der Waals surface area contributed by atoms with E-state index in [2.05, 4.69) is 10.6 Å². The Hall–Kier alpha value is -3.15. The summed E-state index contributed by atoms with van der Waals surface area (Å²) in [5.74, 6) is -0.853. The predicted molar refractivity (Wildman–Crippen MR) is 88.6 cm³/mol. The Morgan fingerprint density at radius 2 is 1.70 bits per heavy atom. The summed E-state index contributed by atoms with van der Waals surface area (Å²) >= 11 is 0. The van der Waals surface area contributed by atoms with E-state index in [1.165, 1.54) is 26.1 Å². The van der Waals surface area contributed by atoms with Crippen molar-refractivity contribution in [3.8, 4) is 0 Å². The first-order valence-electron chi connectivity index (χ1n) is 6.96. The molecule has 0 aliphatic heterocycles. The van der Waals surface area contributed by atoms with Crippen molar-refractivity contribution in [3.05, 3.63) is 59.2 Å². The molecule has 0 unspecified atom stereocenters. The standard InChI is InChI=1S/C17H17N3O3/c1-10(21)11-4-3-5-13(8-11)20-17(23)14-9-12(16(22)19-2)6-7-15(14)18/h3-9H,18H2,1-2H3,(H,19,22)(H,20,23). The second-order valence-electron chi connectivity index (χ2n) is 4.97. The highest BCUT2D eigenvalue weighted by Gasteiger charge is 2.14. The number of anilines is 2. The number of hydrogen-bond acceptors (Lipinski definition) is 4. The van der Waals surface area contributed by atoms with Gasteiger partial charge < -0.3 is 16.4 Å². The topological polar surface area (TPSA) is 101 Å². The van der Waals surface area contributed by atoms with Gasteiger partial charge in [0.2, 0.25) is 0 Å². The number of rotatable bonds is 4. The van der Waals surface area contributed by atoms with E-state index in [1.54, 1.807) is 30.3 Å². The minimum Gasteiger partial charge on any atom is -0.398 e. The Morgan fingerprint density at radius 1 is 0.957 bits per heavy atom. The highest BCUT2D eigenvalue weighted by atomic mass is 16.2. The largest absolute Gasteiger partial charge is 0.398 e. The molecule has 2 aromatic rings. The Labute approximate surface area is 133 Å². The molecule has 6 nitrogen and oxygen atoms in total. The molecule has 118 valence electrons. The molecule has 0 aromatic heterocycles. The van der Waals surface area contributed by atoms with Gasteiger partial charge in [0.25, 0.3) is 11.8 Å². The zero-order valence-corrected chi connectivity index (χ0v) is 12.8. The van der Waals surface area contributed by atoms with E-state index in [9.17, 15) is 14.4 Å². The number of nitrogens with one attached hydrogen (secondary N) is 2. The monoisotopic (exact) mass is 311 g/mol. The van der Waals surface area contributed by atoms with Crippen molar-refractivity contribution in [1.82, 2.24) is 5.32 Å². The van der Waals surface area contributed by atoms with Gasteiger partial charge in [0.05, 0.1) is 5.56 Å². The first-order chi connectivity index (χ1) is 10.9. The summed E-state index contributed by atoms with van der Waals surface area (Å²) in [5, 5.41) is 5.16. The van der Waals surface area contributed by atoms with Gasteiger partial charge in [-0.3, -0.25) is 14.4 Å². The summed E-state index contributed by atoms with van der Waals surface area (Å²) in [5.41, 5.74) is 7.58. The van der Waals surface area contributed by atoms with Gasteiger partial charge in [-0.2, -0.15) is 0 Å². The lowest BCUT2D eigenvalue weighted by Crippen LogP contribution is -2.20. The molecule has 2 rings (SSSR count). The summed E-state index contributed by atoms with van der Waals surface area (Å²) in [6, 6.07) is 11.1. The van der Waals surface area contributed by atoms with Crippen LogP contribution >= 0.6 is 0 Å². The molecular formula is C17H17N3O3. The van der Waals surface area contributed by atoms with Gasteiger partial charge >= 0.3 is 0 Å². The molecule has 0 fully saturated rings. The number of nitrogen functional groups attached to an aromatic ring is 1. The predicted octanol–water partition coefficient (Wildman–Crippen LogP) is 2.08. The van der Waals surface area contributed by atoms with Crippen LogP contribution in [0.15, 0.2) is 42.5 Å². The summed E-state index contributed by atoms with van der Waals surface area (Å²) in [4.78, 5) is 35.4. The van der Waals surface area contributed by atoms with E-state index in [-0.39, 0.29) is 22.9 Å². The van der Waals surface area contributed by atoms with Crippen LogP contribution < -0.4 is 16.4 Å². The number of Topliss-reactive ketones (excluding diaryl/α,β-unsaturated/α-hetero) is 1. The molecule has 0 aliphatic carbocycles. The van der Waals surface area contributed by atoms with Crippen LogP contribution in [0.25, 0.3) is 0 Å². The summed E-state index contributed by atoms with van der Waals surface area (Å²) < 4.78 is 0. The van der Waals surface area contributed by atoms with Crippen molar-refractivity contribution in [2.45, 2.75) is 6.92 Å². The third-order valence-electron chi connectivity index (χ3n) is 3.31. The number of carbonyl (C=O) groups excluding carboxylic acids is 3. The zero-order valence-electron chi connectivity index (χ0n) is 12.8. The number of ketones is 1. The molecule has 0 radical (unpaired) electrons. The molecular weight excluding hydrogens is 294 g/mol. The molecule has 0 atom stereocenters. The molecule has 0 aliphatic rings. The van der Waals surface area contributed by atoms with E-state index >= 15 is 0 Å². The van der Waals surface area contributed by atoms with Crippen molar-refractivity contribution < 1.29 is 14.4 Å². The Kier molecular flexibility index (Phi) is 4.75. The maximum atomic E-state index is 12.4. The summed E-state index contributed by atoms with van der Waals surface area (Å²) in [6.07, 6.45) is 0. The molecule has 0 saturated heterocycles. The van der Waals surface area contributed by atoms with Gasteiger partial charge in [-0.25, -0.2) is 0 Å². The number of carbonyl (C=O) groups is 3. The molecule has 0 bridgehead atoms. The van der Waals surface area contributed by atoms with E-state index in [0.29, 0.717) is 16.8 Å². The SMILES string of the molecule is CNC(=O)c1ccc(N)c(C(=O)Nc2cccc(C(C)=O)c2)c1. The van der Waals surface area contributed by atoms with Crippen LogP contribution in [-0.2, 0) is 0 Å². The van der Waals surface area contributed by atoms with Crippen molar-refractivity contribution in [3.63, 3.8) is 0 Å². The van der Waals surface area contributed by atoms with Crippen LogP contribution in [0.3, 0.4) is 0 Å². The molecule has 0 saturated carbocycles. The van der Waals surface area contributed by atoms with Crippen LogP contribution in [0.2, 0.25) is 0 Å². The van der Waals surface area contributed by atoms with Crippen LogP contribution in [0.5, 0.6) is 0 Å². The number of hydrogen-bond donors (Lipinski definition) is 3. The van der Waals surface area contributed by atoms with Gasteiger partial charge in [0, 0.05) is 29.5 Å². The lowest BCUT2D eigenvalue weighted by Gasteiger charge is -2.10. The smallest absolute Gasteiger partial charge is 0.257 e. The lowest BCUT2D eigenvalue weighted by molar-refractivity contribution is 0.0962. The van der Waals surface area contributed by atoms with Crippen molar-refractivity contribution >= 4 is 29.0 Å². The highest BCUT2D eigenvalue weighted by molar-refractivity contribution is 6.09.